The number of halogens is 1. The molecule has 0 bridgehead atoms. The van der Waals surface area contributed by atoms with E-state index < -0.39 is 0 Å². The maximum atomic E-state index is 6.03. The van der Waals surface area contributed by atoms with Gasteiger partial charge in [0, 0.05) is 17.7 Å². The average molecular weight is 272 g/mol. The molecular weight excluding hydrogens is 250 g/mol. The van der Waals surface area contributed by atoms with Gasteiger partial charge in [0.25, 0.3) is 0 Å². The number of benzene rings is 1. The lowest BCUT2D eigenvalue weighted by Crippen LogP contribution is -2.35. The first kappa shape index (κ1) is 15.3. The fourth-order valence-corrected chi connectivity index (χ4v) is 2.11. The minimum Gasteiger partial charge on any atom is -0.496 e. The molecule has 1 aromatic rings. The van der Waals surface area contributed by atoms with Crippen molar-refractivity contribution in [2.45, 2.75) is 26.3 Å². The molecule has 0 aromatic heterocycles. The van der Waals surface area contributed by atoms with Crippen molar-refractivity contribution in [3.63, 3.8) is 0 Å². The molecule has 1 atom stereocenters. The second-order valence-electron chi connectivity index (χ2n) is 4.07. The lowest BCUT2D eigenvalue weighted by Gasteiger charge is -2.19. The van der Waals surface area contributed by atoms with Gasteiger partial charge in [-0.1, -0.05) is 18.5 Å². The summed E-state index contributed by atoms with van der Waals surface area (Å²) >= 11 is 6.03. The maximum Gasteiger partial charge on any atom is 0.122 e. The van der Waals surface area contributed by atoms with Crippen LogP contribution in [0, 0.1) is 0 Å². The molecule has 1 aromatic carbocycles. The largest absolute Gasteiger partial charge is 0.496 e. The lowest BCUT2D eigenvalue weighted by molar-refractivity contribution is 0.123. The molecule has 1 N–H and O–H groups in total. The predicted octanol–water partition coefficient (Wildman–Crippen LogP) is 2.91. The quantitative estimate of drug-likeness (QED) is 0.789. The van der Waals surface area contributed by atoms with E-state index in [-0.39, 0.29) is 6.04 Å². The Bertz CT molecular complexity index is 358. The molecule has 1 rings (SSSR count). The molecule has 0 aliphatic heterocycles. The zero-order valence-electron chi connectivity index (χ0n) is 11.3. The van der Waals surface area contributed by atoms with Crippen molar-refractivity contribution in [2.75, 3.05) is 26.9 Å². The van der Waals surface area contributed by atoms with Gasteiger partial charge in [0.05, 0.1) is 13.7 Å². The Balaban J connectivity index is 2.74. The minimum absolute atomic E-state index is 0.280. The van der Waals surface area contributed by atoms with E-state index >= 15 is 0 Å². The molecular formula is C14H22ClNO2. The topological polar surface area (TPSA) is 30.5 Å². The summed E-state index contributed by atoms with van der Waals surface area (Å²) in [6.07, 6.45) is 0.845. The molecule has 0 saturated heterocycles. The van der Waals surface area contributed by atoms with Crippen molar-refractivity contribution in [1.29, 1.82) is 0 Å². The molecule has 1 unspecified atom stereocenters. The van der Waals surface area contributed by atoms with Crippen LogP contribution in [0.2, 0.25) is 5.02 Å². The highest BCUT2D eigenvalue weighted by atomic mass is 35.5. The van der Waals surface area contributed by atoms with Gasteiger partial charge in [-0.15, -0.1) is 0 Å². The third-order valence-electron chi connectivity index (χ3n) is 2.72. The Morgan fingerprint density at radius 3 is 2.72 bits per heavy atom. The molecule has 18 heavy (non-hydrogen) atoms. The summed E-state index contributed by atoms with van der Waals surface area (Å²) in [5, 5.41) is 4.15. The van der Waals surface area contributed by atoms with Crippen LogP contribution in [0.15, 0.2) is 18.2 Å². The van der Waals surface area contributed by atoms with Crippen LogP contribution in [0.4, 0.5) is 0 Å². The Hall–Kier alpha value is -0.770. The second-order valence-corrected chi connectivity index (χ2v) is 4.51. The van der Waals surface area contributed by atoms with E-state index in [2.05, 4.69) is 12.2 Å². The normalized spacial score (nSPS) is 12.4. The monoisotopic (exact) mass is 271 g/mol. The molecule has 0 fully saturated rings. The molecule has 0 aliphatic carbocycles. The number of rotatable bonds is 8. The van der Waals surface area contributed by atoms with Crippen LogP contribution in [0.25, 0.3) is 0 Å². The van der Waals surface area contributed by atoms with E-state index in [1.807, 2.05) is 25.1 Å². The lowest BCUT2D eigenvalue weighted by atomic mass is 10.1. The summed E-state index contributed by atoms with van der Waals surface area (Å²) < 4.78 is 10.8. The average Bonchev–Trinajstić information content (AvgIpc) is 2.36. The Morgan fingerprint density at radius 1 is 1.33 bits per heavy atom. The van der Waals surface area contributed by atoms with E-state index in [9.17, 15) is 0 Å². The first-order valence-electron chi connectivity index (χ1n) is 6.34. The van der Waals surface area contributed by atoms with Crippen LogP contribution in [-0.2, 0) is 11.2 Å². The molecule has 0 saturated carbocycles. The highest BCUT2D eigenvalue weighted by molar-refractivity contribution is 6.30. The van der Waals surface area contributed by atoms with Gasteiger partial charge in [0.15, 0.2) is 0 Å². The molecule has 0 radical (unpaired) electrons. The predicted molar refractivity (Wildman–Crippen MR) is 75.7 cm³/mol. The number of nitrogens with one attached hydrogen (secondary N) is 1. The van der Waals surface area contributed by atoms with Gasteiger partial charge in [0.2, 0.25) is 0 Å². The van der Waals surface area contributed by atoms with Gasteiger partial charge in [-0.05, 0) is 43.7 Å². The van der Waals surface area contributed by atoms with Gasteiger partial charge in [-0.25, -0.2) is 0 Å². The van der Waals surface area contributed by atoms with Gasteiger partial charge in [-0.2, -0.15) is 0 Å². The van der Waals surface area contributed by atoms with Gasteiger partial charge < -0.3 is 14.8 Å². The molecule has 3 nitrogen and oxygen atoms in total. The standard InChI is InChI=1S/C14H22ClNO2/c1-4-16-13(10-18-5-2)9-11-8-12(15)6-7-14(11)17-3/h6-8,13,16H,4-5,9-10H2,1-3H3. The Morgan fingerprint density at radius 2 is 2.11 bits per heavy atom. The van der Waals surface area contributed by atoms with Crippen molar-refractivity contribution < 1.29 is 9.47 Å². The molecule has 4 heteroatoms. The minimum atomic E-state index is 0.280. The van der Waals surface area contributed by atoms with E-state index in [4.69, 9.17) is 21.1 Å². The number of hydrogen-bond acceptors (Lipinski definition) is 3. The van der Waals surface area contributed by atoms with Crippen LogP contribution in [-0.4, -0.2) is 32.9 Å². The van der Waals surface area contributed by atoms with Gasteiger partial charge in [-0.3, -0.25) is 0 Å². The number of hydrogen-bond donors (Lipinski definition) is 1. The summed E-state index contributed by atoms with van der Waals surface area (Å²) in [7, 11) is 1.68. The van der Waals surface area contributed by atoms with Crippen molar-refractivity contribution in [2.24, 2.45) is 0 Å². The third-order valence-corrected chi connectivity index (χ3v) is 2.96. The highest BCUT2D eigenvalue weighted by Crippen LogP contribution is 2.23. The van der Waals surface area contributed by atoms with Crippen LogP contribution in [0.1, 0.15) is 19.4 Å². The van der Waals surface area contributed by atoms with Crippen LogP contribution in [0.3, 0.4) is 0 Å². The first-order chi connectivity index (χ1) is 8.71. The molecule has 0 heterocycles. The zero-order chi connectivity index (χ0) is 13.4. The molecule has 0 spiro atoms. The summed E-state index contributed by atoms with van der Waals surface area (Å²) in [4.78, 5) is 0. The fraction of sp³-hybridized carbons (Fsp3) is 0.571. The van der Waals surface area contributed by atoms with Gasteiger partial charge >= 0.3 is 0 Å². The first-order valence-corrected chi connectivity index (χ1v) is 6.72. The van der Waals surface area contributed by atoms with Crippen molar-refractivity contribution in [1.82, 2.24) is 5.32 Å². The maximum absolute atomic E-state index is 6.03. The highest BCUT2D eigenvalue weighted by Gasteiger charge is 2.12. The van der Waals surface area contributed by atoms with E-state index in [0.717, 1.165) is 35.9 Å². The smallest absolute Gasteiger partial charge is 0.122 e. The van der Waals surface area contributed by atoms with Crippen LogP contribution in [0.5, 0.6) is 5.75 Å². The third kappa shape index (κ3) is 4.84. The molecule has 0 aliphatic rings. The van der Waals surface area contributed by atoms with Crippen molar-refractivity contribution in [3.8, 4) is 5.75 Å². The summed E-state index contributed by atoms with van der Waals surface area (Å²) in [6.45, 7) is 6.44. The number of likely N-dealkylation sites (N-methyl/N-ethyl adjacent to an activating group) is 1. The van der Waals surface area contributed by atoms with Crippen LogP contribution < -0.4 is 10.1 Å². The van der Waals surface area contributed by atoms with Crippen molar-refractivity contribution >= 4 is 11.6 Å². The number of methoxy groups -OCH3 is 1. The SMILES string of the molecule is CCNC(COCC)Cc1cc(Cl)ccc1OC. The summed E-state index contributed by atoms with van der Waals surface area (Å²) in [5.74, 6) is 0.874. The molecule has 102 valence electrons. The fourth-order valence-electron chi connectivity index (χ4n) is 1.91. The zero-order valence-corrected chi connectivity index (χ0v) is 12.1. The summed E-state index contributed by atoms with van der Waals surface area (Å²) in [6, 6.07) is 5.98. The van der Waals surface area contributed by atoms with Crippen LogP contribution >= 0.6 is 11.6 Å². The second kappa shape index (κ2) is 8.35. The summed E-state index contributed by atoms with van der Waals surface area (Å²) in [5.41, 5.74) is 1.11. The van der Waals surface area contributed by atoms with E-state index in [1.54, 1.807) is 7.11 Å². The van der Waals surface area contributed by atoms with Gasteiger partial charge in [0.1, 0.15) is 5.75 Å². The number of ether oxygens (including phenoxy) is 2. The Labute approximate surface area is 114 Å². The van der Waals surface area contributed by atoms with E-state index in [1.165, 1.54) is 0 Å². The van der Waals surface area contributed by atoms with Crippen molar-refractivity contribution in [3.05, 3.63) is 28.8 Å². The molecule has 0 amide bonds. The van der Waals surface area contributed by atoms with E-state index in [0.29, 0.717) is 6.61 Å². The Kier molecular flexibility index (Phi) is 7.09.